The first-order valence-corrected chi connectivity index (χ1v) is 6.81. The number of nitrogens with two attached hydrogens (primary N) is 1. The Morgan fingerprint density at radius 3 is 2.50 bits per heavy atom. The van der Waals surface area contributed by atoms with E-state index in [1.165, 1.54) is 0 Å². The average Bonchev–Trinajstić information content (AvgIpc) is 2.41. The van der Waals surface area contributed by atoms with Gasteiger partial charge >= 0.3 is 0 Å². The molecular formula is C15H22N2O. The van der Waals surface area contributed by atoms with Crippen molar-refractivity contribution in [2.24, 2.45) is 11.7 Å². The molecule has 98 valence electrons. The molecule has 2 N–H and O–H groups in total. The molecule has 0 saturated carbocycles. The van der Waals surface area contributed by atoms with Crippen LogP contribution in [-0.2, 0) is 11.2 Å². The van der Waals surface area contributed by atoms with Crippen LogP contribution in [0.1, 0.15) is 24.8 Å². The van der Waals surface area contributed by atoms with Crippen molar-refractivity contribution in [3.05, 3.63) is 35.9 Å². The molecule has 1 fully saturated rings. The van der Waals surface area contributed by atoms with Crippen LogP contribution < -0.4 is 5.73 Å². The maximum absolute atomic E-state index is 12.1. The van der Waals surface area contributed by atoms with Gasteiger partial charge in [-0.15, -0.1) is 0 Å². The van der Waals surface area contributed by atoms with E-state index in [1.807, 2.05) is 35.2 Å². The molecule has 1 amide bonds. The minimum atomic E-state index is 0.257. The van der Waals surface area contributed by atoms with Crippen LogP contribution in [0.2, 0.25) is 0 Å². The van der Waals surface area contributed by atoms with E-state index in [0.717, 1.165) is 50.4 Å². The first-order chi connectivity index (χ1) is 8.79. The molecule has 18 heavy (non-hydrogen) atoms. The third-order valence-electron chi connectivity index (χ3n) is 3.74. The molecule has 0 bridgehead atoms. The Labute approximate surface area is 109 Å². The highest BCUT2D eigenvalue weighted by atomic mass is 16.2. The monoisotopic (exact) mass is 246 g/mol. The van der Waals surface area contributed by atoms with E-state index in [4.69, 9.17) is 5.73 Å². The molecule has 1 aliphatic rings. The van der Waals surface area contributed by atoms with Gasteiger partial charge in [0.25, 0.3) is 0 Å². The molecule has 1 aliphatic heterocycles. The Morgan fingerprint density at radius 2 is 1.89 bits per heavy atom. The van der Waals surface area contributed by atoms with Gasteiger partial charge in [-0.3, -0.25) is 4.79 Å². The largest absolute Gasteiger partial charge is 0.342 e. The Balaban J connectivity index is 1.81. The SMILES string of the molecule is NCCC1CCN(C(=O)Cc2ccccc2)CC1. The lowest BCUT2D eigenvalue weighted by Gasteiger charge is -2.32. The lowest BCUT2D eigenvalue weighted by molar-refractivity contribution is -0.131. The minimum absolute atomic E-state index is 0.257. The van der Waals surface area contributed by atoms with Gasteiger partial charge < -0.3 is 10.6 Å². The molecule has 1 saturated heterocycles. The van der Waals surface area contributed by atoms with Gasteiger partial charge in [-0.1, -0.05) is 30.3 Å². The fourth-order valence-electron chi connectivity index (χ4n) is 2.59. The molecule has 0 spiro atoms. The maximum Gasteiger partial charge on any atom is 0.226 e. The summed E-state index contributed by atoms with van der Waals surface area (Å²) in [7, 11) is 0. The summed E-state index contributed by atoms with van der Waals surface area (Å²) >= 11 is 0. The van der Waals surface area contributed by atoms with Crippen molar-refractivity contribution in [2.45, 2.75) is 25.7 Å². The van der Waals surface area contributed by atoms with Gasteiger partial charge in [-0.05, 0) is 37.3 Å². The van der Waals surface area contributed by atoms with Crippen molar-refractivity contribution < 1.29 is 4.79 Å². The summed E-state index contributed by atoms with van der Waals surface area (Å²) in [6.45, 7) is 2.56. The van der Waals surface area contributed by atoms with Crippen molar-refractivity contribution in [3.63, 3.8) is 0 Å². The van der Waals surface area contributed by atoms with Crippen LogP contribution in [0.4, 0.5) is 0 Å². The zero-order valence-corrected chi connectivity index (χ0v) is 10.8. The molecular weight excluding hydrogens is 224 g/mol. The van der Waals surface area contributed by atoms with Crippen LogP contribution in [0.5, 0.6) is 0 Å². The minimum Gasteiger partial charge on any atom is -0.342 e. The number of nitrogens with zero attached hydrogens (tertiary/aromatic N) is 1. The predicted molar refractivity (Wildman–Crippen MR) is 73.1 cm³/mol. The zero-order chi connectivity index (χ0) is 12.8. The highest BCUT2D eigenvalue weighted by Crippen LogP contribution is 2.20. The average molecular weight is 246 g/mol. The lowest BCUT2D eigenvalue weighted by atomic mass is 9.93. The molecule has 2 rings (SSSR count). The molecule has 0 unspecified atom stereocenters. The Kier molecular flexibility index (Phi) is 4.76. The number of hydrogen-bond donors (Lipinski definition) is 1. The number of carbonyl (C=O) groups excluding carboxylic acids is 1. The summed E-state index contributed by atoms with van der Waals surface area (Å²) in [4.78, 5) is 14.1. The van der Waals surface area contributed by atoms with Gasteiger partial charge in [0.2, 0.25) is 5.91 Å². The van der Waals surface area contributed by atoms with Gasteiger partial charge in [0, 0.05) is 13.1 Å². The van der Waals surface area contributed by atoms with E-state index in [9.17, 15) is 4.79 Å². The number of amides is 1. The molecule has 1 aromatic carbocycles. The second-order valence-electron chi connectivity index (χ2n) is 5.06. The Bertz CT molecular complexity index is 369. The first kappa shape index (κ1) is 13.1. The van der Waals surface area contributed by atoms with Crippen LogP contribution >= 0.6 is 0 Å². The van der Waals surface area contributed by atoms with E-state index in [-0.39, 0.29) is 5.91 Å². The van der Waals surface area contributed by atoms with Crippen molar-refractivity contribution in [2.75, 3.05) is 19.6 Å². The predicted octanol–water partition coefficient (Wildman–Crippen LogP) is 1.82. The number of rotatable bonds is 4. The molecule has 0 aromatic heterocycles. The number of hydrogen-bond acceptors (Lipinski definition) is 2. The molecule has 1 heterocycles. The molecule has 3 nitrogen and oxygen atoms in total. The first-order valence-electron chi connectivity index (χ1n) is 6.81. The van der Waals surface area contributed by atoms with Crippen LogP contribution in [0, 0.1) is 5.92 Å². The van der Waals surface area contributed by atoms with Crippen LogP contribution in [-0.4, -0.2) is 30.4 Å². The topological polar surface area (TPSA) is 46.3 Å². The standard InChI is InChI=1S/C15H22N2O/c16-9-6-13-7-10-17(11-8-13)15(18)12-14-4-2-1-3-5-14/h1-5,13H,6-12,16H2. The van der Waals surface area contributed by atoms with Gasteiger partial charge in [0.1, 0.15) is 0 Å². The van der Waals surface area contributed by atoms with Crippen LogP contribution in [0.25, 0.3) is 0 Å². The fourth-order valence-corrected chi connectivity index (χ4v) is 2.59. The van der Waals surface area contributed by atoms with Gasteiger partial charge in [-0.25, -0.2) is 0 Å². The quantitative estimate of drug-likeness (QED) is 0.881. The molecule has 3 heteroatoms. The van der Waals surface area contributed by atoms with E-state index in [2.05, 4.69) is 0 Å². The second-order valence-corrected chi connectivity index (χ2v) is 5.06. The summed E-state index contributed by atoms with van der Waals surface area (Å²) in [5.41, 5.74) is 6.68. The maximum atomic E-state index is 12.1. The van der Waals surface area contributed by atoms with Crippen molar-refractivity contribution in [1.29, 1.82) is 0 Å². The molecule has 0 atom stereocenters. The number of carbonyl (C=O) groups is 1. The normalized spacial score (nSPS) is 16.8. The van der Waals surface area contributed by atoms with Crippen LogP contribution in [0.15, 0.2) is 30.3 Å². The van der Waals surface area contributed by atoms with Gasteiger partial charge in [0.15, 0.2) is 0 Å². The van der Waals surface area contributed by atoms with E-state index >= 15 is 0 Å². The van der Waals surface area contributed by atoms with Crippen molar-refractivity contribution in [1.82, 2.24) is 4.90 Å². The molecule has 0 radical (unpaired) electrons. The van der Waals surface area contributed by atoms with Gasteiger partial charge in [-0.2, -0.15) is 0 Å². The third kappa shape index (κ3) is 3.57. The number of likely N-dealkylation sites (tertiary alicyclic amines) is 1. The van der Waals surface area contributed by atoms with E-state index in [1.54, 1.807) is 0 Å². The molecule has 0 aliphatic carbocycles. The van der Waals surface area contributed by atoms with Gasteiger partial charge in [0.05, 0.1) is 6.42 Å². The second kappa shape index (κ2) is 6.55. The Morgan fingerprint density at radius 1 is 1.22 bits per heavy atom. The molecule has 1 aromatic rings. The smallest absolute Gasteiger partial charge is 0.226 e. The number of piperidine rings is 1. The Hall–Kier alpha value is -1.35. The zero-order valence-electron chi connectivity index (χ0n) is 10.8. The highest BCUT2D eigenvalue weighted by molar-refractivity contribution is 5.78. The van der Waals surface area contributed by atoms with E-state index < -0.39 is 0 Å². The summed E-state index contributed by atoms with van der Waals surface area (Å²) in [6, 6.07) is 9.97. The fraction of sp³-hybridized carbons (Fsp3) is 0.533. The summed E-state index contributed by atoms with van der Waals surface area (Å²) in [5, 5.41) is 0. The summed E-state index contributed by atoms with van der Waals surface area (Å²) in [6.07, 6.45) is 3.85. The van der Waals surface area contributed by atoms with Crippen molar-refractivity contribution in [3.8, 4) is 0 Å². The lowest BCUT2D eigenvalue weighted by Crippen LogP contribution is -2.39. The van der Waals surface area contributed by atoms with Crippen LogP contribution in [0.3, 0.4) is 0 Å². The highest BCUT2D eigenvalue weighted by Gasteiger charge is 2.22. The number of benzene rings is 1. The summed E-state index contributed by atoms with van der Waals surface area (Å²) < 4.78 is 0. The summed E-state index contributed by atoms with van der Waals surface area (Å²) in [5.74, 6) is 0.975. The third-order valence-corrected chi connectivity index (χ3v) is 3.74. The van der Waals surface area contributed by atoms with E-state index in [0.29, 0.717) is 6.42 Å². The van der Waals surface area contributed by atoms with Crippen molar-refractivity contribution >= 4 is 5.91 Å².